The number of para-hydroxylation sites is 2. The molecule has 0 atom stereocenters. The molecule has 0 spiro atoms. The van der Waals surface area contributed by atoms with Gasteiger partial charge in [0.1, 0.15) is 11.7 Å². The molecule has 0 aliphatic rings. The van der Waals surface area contributed by atoms with Gasteiger partial charge in [-0.3, -0.25) is 19.0 Å². The summed E-state index contributed by atoms with van der Waals surface area (Å²) in [5.41, 5.74) is 2.96. The Morgan fingerprint density at radius 2 is 2.20 bits per heavy atom. The topological polar surface area (TPSA) is 111 Å². The molecule has 2 heterocycles. The number of nitriles is 1. The number of imidazole rings is 1. The van der Waals surface area contributed by atoms with E-state index < -0.39 is 5.97 Å². The molecule has 2 aromatic heterocycles. The molecule has 0 bridgehead atoms. The van der Waals surface area contributed by atoms with Crippen LogP contribution in [0.3, 0.4) is 0 Å². The molecule has 0 radical (unpaired) electrons. The average Bonchev–Trinajstić information content (AvgIpc) is 2.96. The van der Waals surface area contributed by atoms with Crippen LogP contribution in [0.15, 0.2) is 34.1 Å². The van der Waals surface area contributed by atoms with Crippen LogP contribution >= 0.6 is 0 Å². The number of H-pyrrole nitrogens is 1. The molecule has 126 valence electrons. The highest BCUT2D eigenvalue weighted by atomic mass is 16.4. The highest BCUT2D eigenvalue weighted by Crippen LogP contribution is 2.20. The van der Waals surface area contributed by atoms with Gasteiger partial charge in [-0.25, -0.2) is 0 Å². The number of nitrogens with zero attached hydrogens (tertiary/aromatic N) is 3. The summed E-state index contributed by atoms with van der Waals surface area (Å²) in [6.07, 6.45) is 1.86. The fraction of sp³-hybridized carbons (Fsp3) is 0.222. The molecule has 0 amide bonds. The molecule has 3 aromatic rings. The number of pyridine rings is 1. The van der Waals surface area contributed by atoms with Crippen LogP contribution in [0.4, 0.5) is 0 Å². The third-order valence-electron chi connectivity index (χ3n) is 4.08. The van der Waals surface area contributed by atoms with Crippen LogP contribution in [-0.4, -0.2) is 33.2 Å². The highest BCUT2D eigenvalue weighted by Gasteiger charge is 2.17. The van der Waals surface area contributed by atoms with E-state index in [1.807, 2.05) is 24.3 Å². The van der Waals surface area contributed by atoms with E-state index in [9.17, 15) is 14.9 Å². The number of carboxylic acid groups (broad SMARTS) is 1. The maximum absolute atomic E-state index is 12.9. The van der Waals surface area contributed by atoms with Crippen molar-refractivity contribution in [3.8, 4) is 6.07 Å². The summed E-state index contributed by atoms with van der Waals surface area (Å²) in [5, 5.41) is 18.2. The molecule has 25 heavy (non-hydrogen) atoms. The molecular weight excluding hydrogens is 320 g/mol. The Morgan fingerprint density at radius 1 is 1.44 bits per heavy atom. The summed E-state index contributed by atoms with van der Waals surface area (Å²) in [4.78, 5) is 30.7. The molecule has 1 aromatic carbocycles. The highest BCUT2D eigenvalue weighted by molar-refractivity contribution is 5.88. The normalized spacial score (nSPS) is 11.4. The molecule has 0 saturated carbocycles. The van der Waals surface area contributed by atoms with E-state index in [0.29, 0.717) is 40.8 Å². The van der Waals surface area contributed by atoms with Gasteiger partial charge in [0.05, 0.1) is 22.2 Å². The lowest BCUT2D eigenvalue weighted by molar-refractivity contribution is -0.137. The quantitative estimate of drug-likeness (QED) is 0.550. The van der Waals surface area contributed by atoms with E-state index in [0.717, 1.165) is 5.52 Å². The van der Waals surface area contributed by atoms with E-state index in [1.54, 1.807) is 6.92 Å². The van der Waals surface area contributed by atoms with Crippen molar-refractivity contribution >= 4 is 28.9 Å². The Kier molecular flexibility index (Phi) is 4.35. The lowest BCUT2D eigenvalue weighted by atomic mass is 10.1. The first-order chi connectivity index (χ1) is 12.0. The van der Waals surface area contributed by atoms with Gasteiger partial charge in [-0.1, -0.05) is 12.1 Å². The van der Waals surface area contributed by atoms with E-state index in [2.05, 4.69) is 16.0 Å². The number of rotatable bonds is 5. The van der Waals surface area contributed by atoms with Gasteiger partial charge in [0.2, 0.25) is 0 Å². The molecule has 0 aliphatic heterocycles. The first-order valence-electron chi connectivity index (χ1n) is 7.82. The van der Waals surface area contributed by atoms with Crippen molar-refractivity contribution in [3.05, 3.63) is 51.3 Å². The number of aromatic amines is 1. The number of aliphatic carboxylic acids is 1. The third-order valence-corrected chi connectivity index (χ3v) is 4.08. The first kappa shape index (κ1) is 16.5. The molecule has 0 fully saturated rings. The number of hydrogen-bond acceptors (Lipinski definition) is 4. The molecular formula is C18H16N4O3. The summed E-state index contributed by atoms with van der Waals surface area (Å²) < 4.78 is 1.49. The van der Waals surface area contributed by atoms with E-state index in [-0.39, 0.29) is 12.0 Å². The molecule has 2 N–H and O–H groups in total. The van der Waals surface area contributed by atoms with Crippen molar-refractivity contribution in [1.29, 1.82) is 5.26 Å². The predicted molar refractivity (Wildman–Crippen MR) is 94.3 cm³/mol. The van der Waals surface area contributed by atoms with Crippen LogP contribution in [0, 0.1) is 18.3 Å². The molecule has 3 rings (SSSR count). The number of benzene rings is 1. The summed E-state index contributed by atoms with van der Waals surface area (Å²) in [6, 6.07) is 9.49. The summed E-state index contributed by atoms with van der Waals surface area (Å²) in [5.74, 6) is -0.876. The molecule has 7 nitrogen and oxygen atoms in total. The largest absolute Gasteiger partial charge is 0.481 e. The SMILES string of the molecule is Cc1c(C=NCCCC(=O)O)c(=O)n2c([nH]c3ccccc32)c1C#N. The van der Waals surface area contributed by atoms with Crippen LogP contribution in [0.2, 0.25) is 0 Å². The first-order valence-corrected chi connectivity index (χ1v) is 7.82. The fourth-order valence-corrected chi connectivity index (χ4v) is 2.82. The Hall–Kier alpha value is -3.40. The molecule has 0 unspecified atom stereocenters. The zero-order chi connectivity index (χ0) is 18.0. The zero-order valence-electron chi connectivity index (χ0n) is 13.6. The van der Waals surface area contributed by atoms with E-state index >= 15 is 0 Å². The minimum atomic E-state index is -0.876. The summed E-state index contributed by atoms with van der Waals surface area (Å²) >= 11 is 0. The number of hydrogen-bond donors (Lipinski definition) is 2. The van der Waals surface area contributed by atoms with Crippen molar-refractivity contribution in [2.24, 2.45) is 4.99 Å². The van der Waals surface area contributed by atoms with Crippen LogP contribution < -0.4 is 5.56 Å². The number of aliphatic imine (C=N–C) groups is 1. The average molecular weight is 336 g/mol. The van der Waals surface area contributed by atoms with Crippen molar-refractivity contribution in [1.82, 2.24) is 9.38 Å². The van der Waals surface area contributed by atoms with E-state index in [4.69, 9.17) is 5.11 Å². The lowest BCUT2D eigenvalue weighted by Gasteiger charge is -2.05. The molecule has 0 aliphatic carbocycles. The number of nitrogens with one attached hydrogen (secondary N) is 1. The second kappa shape index (κ2) is 6.61. The van der Waals surface area contributed by atoms with Gasteiger partial charge in [-0.05, 0) is 31.0 Å². The van der Waals surface area contributed by atoms with Gasteiger partial charge >= 0.3 is 5.97 Å². The van der Waals surface area contributed by atoms with Crippen molar-refractivity contribution in [3.63, 3.8) is 0 Å². The number of aromatic nitrogens is 2. The maximum Gasteiger partial charge on any atom is 0.303 e. The number of carboxylic acids is 1. The number of carbonyl (C=O) groups is 1. The monoisotopic (exact) mass is 336 g/mol. The van der Waals surface area contributed by atoms with Crippen LogP contribution in [-0.2, 0) is 4.79 Å². The molecule has 0 saturated heterocycles. The Labute approximate surface area is 142 Å². The molecule has 7 heteroatoms. The van der Waals surface area contributed by atoms with Crippen LogP contribution in [0.1, 0.15) is 29.5 Å². The Morgan fingerprint density at radius 3 is 2.92 bits per heavy atom. The lowest BCUT2D eigenvalue weighted by Crippen LogP contribution is -2.20. The minimum absolute atomic E-state index is 0.0280. The van der Waals surface area contributed by atoms with Gasteiger partial charge < -0.3 is 10.1 Å². The van der Waals surface area contributed by atoms with E-state index in [1.165, 1.54) is 10.6 Å². The third kappa shape index (κ3) is 2.90. The summed E-state index contributed by atoms with van der Waals surface area (Å²) in [6.45, 7) is 2.02. The van der Waals surface area contributed by atoms with Crippen molar-refractivity contribution < 1.29 is 9.90 Å². The van der Waals surface area contributed by atoms with Gasteiger partial charge in [-0.15, -0.1) is 0 Å². The standard InChI is InChI=1S/C18H16N4O3/c1-11-12(9-19)17-21-14-5-2-3-6-15(14)22(17)18(25)13(11)10-20-8-4-7-16(23)24/h2-3,5-6,10,21H,4,7-8H2,1H3,(H,23,24). The summed E-state index contributed by atoms with van der Waals surface area (Å²) in [7, 11) is 0. The Balaban J connectivity index is 2.14. The van der Waals surface area contributed by atoms with Crippen LogP contribution in [0.5, 0.6) is 0 Å². The second-order valence-corrected chi connectivity index (χ2v) is 5.69. The fourth-order valence-electron chi connectivity index (χ4n) is 2.82. The smallest absolute Gasteiger partial charge is 0.303 e. The Bertz CT molecular complexity index is 1100. The van der Waals surface area contributed by atoms with Crippen molar-refractivity contribution in [2.45, 2.75) is 19.8 Å². The predicted octanol–water partition coefficient (Wildman–Crippen LogP) is 2.24. The van der Waals surface area contributed by atoms with Crippen molar-refractivity contribution in [2.75, 3.05) is 6.54 Å². The second-order valence-electron chi connectivity index (χ2n) is 5.69. The van der Waals surface area contributed by atoms with Gasteiger partial charge in [0.25, 0.3) is 5.56 Å². The minimum Gasteiger partial charge on any atom is -0.481 e. The maximum atomic E-state index is 12.9. The van der Waals surface area contributed by atoms with Gasteiger partial charge in [-0.2, -0.15) is 5.26 Å². The zero-order valence-corrected chi connectivity index (χ0v) is 13.6. The van der Waals surface area contributed by atoms with Gasteiger partial charge in [0.15, 0.2) is 0 Å². The van der Waals surface area contributed by atoms with Gasteiger partial charge in [0, 0.05) is 19.2 Å². The number of fused-ring (bicyclic) bond motifs is 3. The van der Waals surface area contributed by atoms with Crippen LogP contribution in [0.25, 0.3) is 16.7 Å².